The molecule has 2 heterocycles. The predicted octanol–water partition coefficient (Wildman–Crippen LogP) is 2.44. The SMILES string of the molecule is Bc1cccc(C2=N/C(=C\c3c(C)nn(-c4ccccc4)c3Cl)C(=O)O2)c1. The second kappa shape index (κ2) is 6.89. The molecular formula is C20H15BClN3O2. The number of para-hydroxylation sites is 1. The number of aromatic nitrogens is 2. The number of nitrogens with zero attached hydrogens (tertiary/aromatic N) is 3. The molecule has 5 nitrogen and oxygen atoms in total. The Morgan fingerprint density at radius 1 is 1.15 bits per heavy atom. The minimum absolute atomic E-state index is 0.198. The first-order chi connectivity index (χ1) is 13.0. The Labute approximate surface area is 162 Å². The van der Waals surface area contributed by atoms with Gasteiger partial charge in [-0.1, -0.05) is 53.5 Å². The van der Waals surface area contributed by atoms with Gasteiger partial charge in [0.25, 0.3) is 0 Å². The van der Waals surface area contributed by atoms with E-state index >= 15 is 0 Å². The average molecular weight is 376 g/mol. The van der Waals surface area contributed by atoms with Gasteiger partial charge < -0.3 is 4.74 Å². The first kappa shape index (κ1) is 17.3. The first-order valence-electron chi connectivity index (χ1n) is 8.43. The molecule has 0 amide bonds. The van der Waals surface area contributed by atoms with Crippen molar-refractivity contribution in [3.8, 4) is 5.69 Å². The number of cyclic esters (lactones) is 1. The summed E-state index contributed by atoms with van der Waals surface area (Å²) in [5.74, 6) is -0.214. The van der Waals surface area contributed by atoms with Crippen molar-refractivity contribution in [1.82, 2.24) is 9.78 Å². The molecule has 2 aromatic carbocycles. The molecule has 27 heavy (non-hydrogen) atoms. The number of ether oxygens (including phenoxy) is 1. The molecule has 0 saturated carbocycles. The largest absolute Gasteiger partial charge is 0.402 e. The highest BCUT2D eigenvalue weighted by atomic mass is 35.5. The van der Waals surface area contributed by atoms with Crippen LogP contribution in [0.3, 0.4) is 0 Å². The van der Waals surface area contributed by atoms with Crippen LogP contribution in [-0.2, 0) is 9.53 Å². The minimum atomic E-state index is -0.505. The lowest BCUT2D eigenvalue weighted by molar-refractivity contribution is -0.129. The molecule has 0 unspecified atom stereocenters. The Morgan fingerprint density at radius 3 is 2.67 bits per heavy atom. The maximum Gasteiger partial charge on any atom is 0.363 e. The van der Waals surface area contributed by atoms with Gasteiger partial charge in [-0.15, -0.1) is 0 Å². The standard InChI is InChI=1S/C20H15BClN3O2/c1-12-16(18(22)25(24-12)15-8-3-2-4-9-15)11-17-20(26)27-19(23-17)13-6-5-7-14(21)10-13/h2-11H,21H2,1H3/b17-11-. The number of aryl methyl sites for hydroxylation is 1. The molecule has 1 aromatic heterocycles. The number of rotatable bonds is 3. The monoisotopic (exact) mass is 375 g/mol. The summed E-state index contributed by atoms with van der Waals surface area (Å²) in [7, 11) is 1.97. The Kier molecular flexibility index (Phi) is 4.42. The number of halogens is 1. The van der Waals surface area contributed by atoms with Crippen LogP contribution in [0.25, 0.3) is 11.8 Å². The van der Waals surface area contributed by atoms with Crippen LogP contribution in [-0.4, -0.2) is 29.5 Å². The normalized spacial score (nSPS) is 15.1. The van der Waals surface area contributed by atoms with E-state index in [2.05, 4.69) is 10.1 Å². The van der Waals surface area contributed by atoms with E-state index in [1.807, 2.05) is 69.4 Å². The Balaban J connectivity index is 1.74. The lowest BCUT2D eigenvalue weighted by Crippen LogP contribution is -2.09. The van der Waals surface area contributed by atoms with E-state index in [0.29, 0.717) is 22.3 Å². The molecule has 0 spiro atoms. The third kappa shape index (κ3) is 3.31. The fraction of sp³-hybridized carbons (Fsp3) is 0.0500. The number of benzene rings is 2. The average Bonchev–Trinajstić information content (AvgIpc) is 3.17. The maximum absolute atomic E-state index is 12.3. The van der Waals surface area contributed by atoms with Crippen molar-refractivity contribution in [3.63, 3.8) is 0 Å². The van der Waals surface area contributed by atoms with E-state index in [1.54, 1.807) is 10.8 Å². The highest BCUT2D eigenvalue weighted by Gasteiger charge is 2.25. The molecule has 3 aromatic rings. The van der Waals surface area contributed by atoms with Crippen LogP contribution < -0.4 is 5.46 Å². The number of aliphatic imine (C=N–C) groups is 1. The van der Waals surface area contributed by atoms with Crippen molar-refractivity contribution in [1.29, 1.82) is 0 Å². The third-order valence-corrected chi connectivity index (χ3v) is 4.58. The minimum Gasteiger partial charge on any atom is -0.402 e. The molecule has 1 aliphatic heterocycles. The summed E-state index contributed by atoms with van der Waals surface area (Å²) in [6.07, 6.45) is 1.62. The van der Waals surface area contributed by atoms with Crippen LogP contribution in [0.15, 0.2) is 65.3 Å². The summed E-state index contributed by atoms with van der Waals surface area (Å²) in [5, 5.41) is 4.89. The van der Waals surface area contributed by atoms with Gasteiger partial charge in [-0.25, -0.2) is 14.5 Å². The van der Waals surface area contributed by atoms with E-state index in [0.717, 1.165) is 16.7 Å². The van der Waals surface area contributed by atoms with Crippen molar-refractivity contribution >= 4 is 42.9 Å². The van der Waals surface area contributed by atoms with Crippen LogP contribution in [0.5, 0.6) is 0 Å². The van der Waals surface area contributed by atoms with Gasteiger partial charge in [0.1, 0.15) is 13.0 Å². The predicted molar refractivity (Wildman–Crippen MR) is 109 cm³/mol. The van der Waals surface area contributed by atoms with Gasteiger partial charge in [-0.05, 0) is 31.2 Å². The Hall–Kier alpha value is -3.12. The summed E-state index contributed by atoms with van der Waals surface area (Å²) in [4.78, 5) is 16.6. The smallest absolute Gasteiger partial charge is 0.363 e. The topological polar surface area (TPSA) is 56.5 Å². The number of hydrogen-bond acceptors (Lipinski definition) is 4. The van der Waals surface area contributed by atoms with E-state index in [4.69, 9.17) is 16.3 Å². The van der Waals surface area contributed by atoms with Gasteiger partial charge in [-0.3, -0.25) is 0 Å². The summed E-state index contributed by atoms with van der Waals surface area (Å²) in [5.41, 5.74) is 4.20. The lowest BCUT2D eigenvalue weighted by Gasteiger charge is -2.01. The van der Waals surface area contributed by atoms with Gasteiger partial charge in [0.05, 0.1) is 11.4 Å². The molecule has 7 heteroatoms. The van der Waals surface area contributed by atoms with Gasteiger partial charge in [0.2, 0.25) is 5.90 Å². The molecule has 0 bridgehead atoms. The number of esters is 1. The second-order valence-corrected chi connectivity index (χ2v) is 6.60. The summed E-state index contributed by atoms with van der Waals surface area (Å²) in [6, 6.07) is 17.2. The summed E-state index contributed by atoms with van der Waals surface area (Å²) < 4.78 is 6.96. The molecule has 0 atom stereocenters. The third-order valence-electron chi connectivity index (χ3n) is 4.22. The van der Waals surface area contributed by atoms with E-state index in [9.17, 15) is 4.79 Å². The number of carbonyl (C=O) groups excluding carboxylic acids is 1. The quantitative estimate of drug-likeness (QED) is 0.401. The molecule has 1 aliphatic rings. The molecular weight excluding hydrogens is 361 g/mol. The zero-order chi connectivity index (χ0) is 19.0. The van der Waals surface area contributed by atoms with Crippen molar-refractivity contribution in [2.45, 2.75) is 6.92 Å². The molecule has 0 fully saturated rings. The molecule has 4 rings (SSSR count). The van der Waals surface area contributed by atoms with Crippen LogP contribution in [0.1, 0.15) is 16.8 Å². The Bertz CT molecular complexity index is 1100. The van der Waals surface area contributed by atoms with Crippen LogP contribution in [0.4, 0.5) is 0 Å². The first-order valence-corrected chi connectivity index (χ1v) is 8.81. The van der Waals surface area contributed by atoms with Crippen molar-refractivity contribution < 1.29 is 9.53 Å². The summed E-state index contributed by atoms with van der Waals surface area (Å²) >= 11 is 6.52. The van der Waals surface area contributed by atoms with Crippen LogP contribution in [0.2, 0.25) is 5.15 Å². The summed E-state index contributed by atoms with van der Waals surface area (Å²) in [6.45, 7) is 1.84. The highest BCUT2D eigenvalue weighted by molar-refractivity contribution is 6.33. The molecule has 0 N–H and O–H groups in total. The molecule has 0 aliphatic carbocycles. The highest BCUT2D eigenvalue weighted by Crippen LogP contribution is 2.27. The molecule has 0 saturated heterocycles. The fourth-order valence-corrected chi connectivity index (χ4v) is 3.19. The maximum atomic E-state index is 12.3. The van der Waals surface area contributed by atoms with Crippen molar-refractivity contribution in [2.24, 2.45) is 4.99 Å². The van der Waals surface area contributed by atoms with Gasteiger partial charge >= 0.3 is 5.97 Å². The zero-order valence-corrected chi connectivity index (χ0v) is 15.6. The number of hydrogen-bond donors (Lipinski definition) is 0. The zero-order valence-electron chi connectivity index (χ0n) is 14.8. The molecule has 132 valence electrons. The Morgan fingerprint density at radius 2 is 1.93 bits per heavy atom. The van der Waals surface area contributed by atoms with Crippen LogP contribution in [0, 0.1) is 6.92 Å². The van der Waals surface area contributed by atoms with E-state index in [1.165, 1.54) is 0 Å². The lowest BCUT2D eigenvalue weighted by atomic mass is 9.94. The molecule has 0 radical (unpaired) electrons. The van der Waals surface area contributed by atoms with Gasteiger partial charge in [0.15, 0.2) is 5.70 Å². The second-order valence-electron chi connectivity index (χ2n) is 6.24. The van der Waals surface area contributed by atoms with Gasteiger partial charge in [-0.2, -0.15) is 5.10 Å². The number of carbonyl (C=O) groups is 1. The van der Waals surface area contributed by atoms with Crippen molar-refractivity contribution in [2.75, 3.05) is 0 Å². The van der Waals surface area contributed by atoms with Crippen LogP contribution >= 0.6 is 11.6 Å². The van der Waals surface area contributed by atoms with E-state index in [-0.39, 0.29) is 5.70 Å². The van der Waals surface area contributed by atoms with E-state index < -0.39 is 5.97 Å². The van der Waals surface area contributed by atoms with Gasteiger partial charge in [0, 0.05) is 11.1 Å². The fourth-order valence-electron chi connectivity index (χ4n) is 2.86. The van der Waals surface area contributed by atoms with Crippen molar-refractivity contribution in [3.05, 3.63) is 82.3 Å².